The van der Waals surface area contributed by atoms with Gasteiger partial charge in [-0.2, -0.15) is 0 Å². The number of hydrogen-bond donors (Lipinski definition) is 1. The lowest BCUT2D eigenvalue weighted by atomic mass is 9.98. The van der Waals surface area contributed by atoms with Crippen molar-refractivity contribution in [2.75, 3.05) is 6.54 Å². The van der Waals surface area contributed by atoms with E-state index in [1.807, 2.05) is 50.2 Å². The number of carbonyl (C=O) groups is 2. The highest BCUT2D eigenvalue weighted by Crippen LogP contribution is 2.37. The van der Waals surface area contributed by atoms with Crippen molar-refractivity contribution in [1.82, 2.24) is 5.32 Å². The number of benzene rings is 2. The Balaban J connectivity index is 1.70. The van der Waals surface area contributed by atoms with Crippen molar-refractivity contribution in [3.63, 3.8) is 0 Å². The molecule has 0 atom stereocenters. The Morgan fingerprint density at radius 1 is 0.969 bits per heavy atom. The minimum absolute atomic E-state index is 0.00738. The zero-order valence-electron chi connectivity index (χ0n) is 17.8. The van der Waals surface area contributed by atoms with E-state index >= 15 is 0 Å². The van der Waals surface area contributed by atoms with Crippen LogP contribution in [-0.4, -0.2) is 18.4 Å². The third-order valence-corrected chi connectivity index (χ3v) is 5.59. The molecule has 1 amide bonds. The van der Waals surface area contributed by atoms with Crippen LogP contribution < -0.4 is 16.0 Å². The number of carboxylic acid groups (broad SMARTS) is 1. The van der Waals surface area contributed by atoms with Gasteiger partial charge in [-0.1, -0.05) is 30.3 Å². The van der Waals surface area contributed by atoms with Crippen LogP contribution in [0.3, 0.4) is 0 Å². The second-order valence-corrected chi connectivity index (χ2v) is 7.71. The van der Waals surface area contributed by atoms with Crippen molar-refractivity contribution in [2.45, 2.75) is 33.1 Å². The molecule has 2 heterocycles. The first-order chi connectivity index (χ1) is 15.3. The zero-order chi connectivity index (χ0) is 22.8. The molecule has 32 heavy (non-hydrogen) atoms. The largest absolute Gasteiger partial charge is 0.550 e. The molecule has 2 aromatic heterocycles. The van der Waals surface area contributed by atoms with Crippen LogP contribution in [0.2, 0.25) is 0 Å². The molecule has 7 heteroatoms. The van der Waals surface area contributed by atoms with E-state index < -0.39 is 11.6 Å². The highest BCUT2D eigenvalue weighted by atomic mass is 16.4. The number of amides is 1. The first-order valence-corrected chi connectivity index (χ1v) is 10.4. The van der Waals surface area contributed by atoms with Gasteiger partial charge in [0.05, 0.1) is 0 Å². The van der Waals surface area contributed by atoms with Crippen molar-refractivity contribution in [1.29, 1.82) is 0 Å². The number of carboxylic acids is 1. The Morgan fingerprint density at radius 2 is 1.69 bits per heavy atom. The van der Waals surface area contributed by atoms with E-state index in [9.17, 15) is 19.5 Å². The number of fused-ring (bicyclic) bond motifs is 2. The van der Waals surface area contributed by atoms with Gasteiger partial charge in [0.25, 0.3) is 0 Å². The van der Waals surface area contributed by atoms with Crippen LogP contribution in [-0.2, 0) is 16.0 Å². The molecule has 7 nitrogen and oxygen atoms in total. The molecule has 0 spiro atoms. The molecule has 0 aliphatic carbocycles. The molecular weight excluding hydrogens is 410 g/mol. The van der Waals surface area contributed by atoms with Crippen LogP contribution in [0, 0.1) is 13.8 Å². The minimum Gasteiger partial charge on any atom is -0.550 e. The van der Waals surface area contributed by atoms with Gasteiger partial charge in [-0.05, 0) is 37.5 Å². The number of rotatable bonds is 7. The summed E-state index contributed by atoms with van der Waals surface area (Å²) in [4.78, 5) is 35.0. The molecule has 164 valence electrons. The van der Waals surface area contributed by atoms with Crippen LogP contribution in [0.25, 0.3) is 33.1 Å². The van der Waals surface area contributed by atoms with E-state index in [0.717, 1.165) is 33.2 Å². The quantitative estimate of drug-likeness (QED) is 0.449. The molecule has 0 radical (unpaired) electrons. The average molecular weight is 432 g/mol. The molecule has 1 N–H and O–H groups in total. The summed E-state index contributed by atoms with van der Waals surface area (Å²) in [6.45, 7) is 3.73. The molecule has 0 bridgehead atoms. The van der Waals surface area contributed by atoms with E-state index in [4.69, 9.17) is 8.83 Å². The van der Waals surface area contributed by atoms with Crippen LogP contribution in [0.4, 0.5) is 0 Å². The highest BCUT2D eigenvalue weighted by Gasteiger charge is 2.18. The van der Waals surface area contributed by atoms with E-state index in [-0.39, 0.29) is 31.7 Å². The molecule has 0 saturated heterocycles. The Morgan fingerprint density at radius 3 is 2.41 bits per heavy atom. The first kappa shape index (κ1) is 21.4. The van der Waals surface area contributed by atoms with Gasteiger partial charge in [0.2, 0.25) is 5.91 Å². The van der Waals surface area contributed by atoms with Crippen LogP contribution in [0.1, 0.15) is 29.7 Å². The van der Waals surface area contributed by atoms with Gasteiger partial charge < -0.3 is 24.1 Å². The molecule has 0 aliphatic rings. The van der Waals surface area contributed by atoms with Gasteiger partial charge in [0, 0.05) is 53.3 Å². The average Bonchev–Trinajstić information content (AvgIpc) is 3.07. The van der Waals surface area contributed by atoms with Crippen molar-refractivity contribution in [2.24, 2.45) is 0 Å². The maximum absolute atomic E-state index is 12.6. The maximum Gasteiger partial charge on any atom is 0.339 e. The fraction of sp³-hybridized carbons (Fsp3) is 0.240. The number of furan rings is 1. The van der Waals surface area contributed by atoms with Gasteiger partial charge in [0.1, 0.15) is 16.9 Å². The van der Waals surface area contributed by atoms with Gasteiger partial charge >= 0.3 is 5.63 Å². The van der Waals surface area contributed by atoms with Gasteiger partial charge in [-0.15, -0.1) is 0 Å². The zero-order valence-corrected chi connectivity index (χ0v) is 17.8. The Bertz CT molecular complexity index is 1380. The predicted octanol–water partition coefficient (Wildman–Crippen LogP) is 3.01. The van der Waals surface area contributed by atoms with Crippen LogP contribution >= 0.6 is 0 Å². The Labute approximate surface area is 183 Å². The second-order valence-electron chi connectivity index (χ2n) is 7.71. The summed E-state index contributed by atoms with van der Waals surface area (Å²) in [5.74, 6) is -0.792. The van der Waals surface area contributed by atoms with Crippen molar-refractivity contribution in [3.8, 4) is 11.1 Å². The molecule has 0 unspecified atom stereocenters. The molecule has 2 aromatic carbocycles. The molecule has 4 rings (SSSR count). The monoisotopic (exact) mass is 432 g/mol. The van der Waals surface area contributed by atoms with Crippen molar-refractivity contribution < 1.29 is 23.5 Å². The molecule has 4 aromatic rings. The molecule has 0 fully saturated rings. The van der Waals surface area contributed by atoms with Gasteiger partial charge in [0.15, 0.2) is 0 Å². The molecular formula is C25H22NO6-. The van der Waals surface area contributed by atoms with Crippen LogP contribution in [0.5, 0.6) is 0 Å². The lowest BCUT2D eigenvalue weighted by molar-refractivity contribution is -0.305. The maximum atomic E-state index is 12.6. The number of aliphatic carboxylic acids is 1. The van der Waals surface area contributed by atoms with E-state index in [1.165, 1.54) is 0 Å². The molecule has 0 saturated carbocycles. The van der Waals surface area contributed by atoms with Crippen molar-refractivity contribution >= 4 is 33.8 Å². The summed E-state index contributed by atoms with van der Waals surface area (Å²) >= 11 is 0. The number of aryl methyl sites for hydroxylation is 2. The summed E-state index contributed by atoms with van der Waals surface area (Å²) in [5, 5.41) is 14.7. The Hall–Kier alpha value is -3.87. The fourth-order valence-corrected chi connectivity index (χ4v) is 3.99. The number of hydrogen-bond acceptors (Lipinski definition) is 6. The standard InChI is InChI=1S/C25H23NO6/c1-14-17(8-9-22(27)26-11-10-23(28)29)25(30)32-20-13-21-19(12-18(14)20)24(15(2)31-21)16-6-4-3-5-7-16/h3-7,12-13H,8-11H2,1-2H3,(H,26,27)(H,28,29)/p-1. The smallest absolute Gasteiger partial charge is 0.339 e. The summed E-state index contributed by atoms with van der Waals surface area (Å²) in [5.41, 5.74) is 3.76. The van der Waals surface area contributed by atoms with E-state index in [1.54, 1.807) is 6.07 Å². The lowest BCUT2D eigenvalue weighted by Crippen LogP contribution is -2.31. The lowest BCUT2D eigenvalue weighted by Gasteiger charge is -2.09. The third-order valence-electron chi connectivity index (χ3n) is 5.59. The van der Waals surface area contributed by atoms with Gasteiger partial charge in [-0.3, -0.25) is 4.79 Å². The van der Waals surface area contributed by atoms with Crippen molar-refractivity contribution in [3.05, 3.63) is 69.8 Å². The predicted molar refractivity (Wildman–Crippen MR) is 118 cm³/mol. The topological polar surface area (TPSA) is 113 Å². The highest BCUT2D eigenvalue weighted by molar-refractivity contribution is 6.03. The summed E-state index contributed by atoms with van der Waals surface area (Å²) in [6, 6.07) is 13.6. The summed E-state index contributed by atoms with van der Waals surface area (Å²) in [7, 11) is 0. The third kappa shape index (κ3) is 4.14. The SMILES string of the molecule is Cc1oc2cc3oc(=O)c(CCC(=O)NCCC(=O)[O-])c(C)c3cc2c1-c1ccccc1. The number of nitrogens with one attached hydrogen (secondary N) is 1. The Kier molecular flexibility index (Phi) is 5.81. The second kappa shape index (κ2) is 8.70. The van der Waals surface area contributed by atoms with E-state index in [2.05, 4.69) is 5.32 Å². The van der Waals surface area contributed by atoms with Gasteiger partial charge in [-0.25, -0.2) is 4.79 Å². The fourth-order valence-electron chi connectivity index (χ4n) is 3.99. The number of carbonyl (C=O) groups excluding carboxylic acids is 2. The van der Waals surface area contributed by atoms with E-state index in [0.29, 0.717) is 16.7 Å². The first-order valence-electron chi connectivity index (χ1n) is 10.4. The van der Waals surface area contributed by atoms with Crippen LogP contribution in [0.15, 0.2) is 56.1 Å². The minimum atomic E-state index is -1.23. The normalized spacial score (nSPS) is 11.2. The summed E-state index contributed by atoms with van der Waals surface area (Å²) < 4.78 is 11.5. The molecule has 0 aliphatic heterocycles. The summed E-state index contributed by atoms with van der Waals surface area (Å²) in [6.07, 6.45) is -0.0194.